The molecule has 0 amide bonds. The van der Waals surface area contributed by atoms with Gasteiger partial charge in [0.05, 0.1) is 11.0 Å². The predicted molar refractivity (Wildman–Crippen MR) is 143 cm³/mol. The van der Waals surface area contributed by atoms with E-state index in [2.05, 4.69) is 71.9 Å². The standard InChI is InChI=1S/C31H26N4/c1-19-32-29(20-11-5-4-6-12-20)34-30(33-19)35-27-16-10-8-14-22(27)24-17-23-21-13-7-9-15-25(21)31(2,3)26(23)18-28(24)35/h4-6,8-12,14-18H,7,13H2,1-3H3. The van der Waals surface area contributed by atoms with Crippen molar-refractivity contribution in [3.63, 3.8) is 0 Å². The summed E-state index contributed by atoms with van der Waals surface area (Å²) >= 11 is 0. The molecule has 0 saturated carbocycles. The molecule has 0 N–H and O–H groups in total. The largest absolute Gasteiger partial charge is 0.278 e. The lowest BCUT2D eigenvalue weighted by Gasteiger charge is -2.24. The van der Waals surface area contributed by atoms with Gasteiger partial charge in [0.1, 0.15) is 5.82 Å². The molecule has 4 nitrogen and oxygen atoms in total. The zero-order valence-electron chi connectivity index (χ0n) is 20.2. The molecular formula is C31H26N4. The Balaban J connectivity index is 1.55. The highest BCUT2D eigenvalue weighted by Gasteiger charge is 2.38. The van der Waals surface area contributed by atoms with E-state index in [1.165, 1.54) is 33.0 Å². The Kier molecular flexibility index (Phi) is 4.20. The Labute approximate surface area is 204 Å². The lowest BCUT2D eigenvalue weighted by atomic mass is 9.80. The van der Waals surface area contributed by atoms with Crippen molar-refractivity contribution in [2.24, 2.45) is 0 Å². The normalized spacial score (nSPS) is 16.2. The Morgan fingerprint density at radius 1 is 0.829 bits per heavy atom. The van der Waals surface area contributed by atoms with Crippen LogP contribution in [-0.2, 0) is 5.41 Å². The van der Waals surface area contributed by atoms with Crippen molar-refractivity contribution in [1.82, 2.24) is 19.5 Å². The van der Waals surface area contributed by atoms with Crippen LogP contribution in [0.4, 0.5) is 0 Å². The average molecular weight is 455 g/mol. The zero-order valence-corrected chi connectivity index (χ0v) is 20.2. The summed E-state index contributed by atoms with van der Waals surface area (Å²) in [5.41, 5.74) is 8.99. The van der Waals surface area contributed by atoms with Gasteiger partial charge in [0.15, 0.2) is 5.82 Å². The lowest BCUT2D eigenvalue weighted by molar-refractivity contribution is 0.652. The van der Waals surface area contributed by atoms with Gasteiger partial charge >= 0.3 is 0 Å². The number of para-hydroxylation sites is 1. The van der Waals surface area contributed by atoms with E-state index in [0.29, 0.717) is 17.6 Å². The van der Waals surface area contributed by atoms with Crippen LogP contribution in [0.15, 0.2) is 84.5 Å². The van der Waals surface area contributed by atoms with Gasteiger partial charge in [0, 0.05) is 21.8 Å². The van der Waals surface area contributed by atoms with Crippen LogP contribution in [0, 0.1) is 6.92 Å². The van der Waals surface area contributed by atoms with Crippen molar-refractivity contribution >= 4 is 27.4 Å². The van der Waals surface area contributed by atoms with Crippen molar-refractivity contribution < 1.29 is 0 Å². The van der Waals surface area contributed by atoms with Crippen LogP contribution in [0.3, 0.4) is 0 Å². The van der Waals surface area contributed by atoms with Crippen molar-refractivity contribution in [2.75, 3.05) is 0 Å². The minimum absolute atomic E-state index is 0.0265. The summed E-state index contributed by atoms with van der Waals surface area (Å²) in [6.45, 7) is 6.64. The highest BCUT2D eigenvalue weighted by atomic mass is 15.2. The highest BCUT2D eigenvalue weighted by Crippen LogP contribution is 2.51. The smallest absolute Gasteiger partial charge is 0.238 e. The molecule has 3 aromatic carbocycles. The van der Waals surface area contributed by atoms with Gasteiger partial charge in [0.2, 0.25) is 5.95 Å². The molecule has 0 radical (unpaired) electrons. The molecule has 4 heteroatoms. The van der Waals surface area contributed by atoms with Gasteiger partial charge in [-0.3, -0.25) is 4.57 Å². The van der Waals surface area contributed by atoms with E-state index >= 15 is 0 Å². The topological polar surface area (TPSA) is 43.6 Å². The highest BCUT2D eigenvalue weighted by molar-refractivity contribution is 6.11. The van der Waals surface area contributed by atoms with Crippen LogP contribution in [0.5, 0.6) is 0 Å². The Morgan fingerprint density at radius 3 is 2.49 bits per heavy atom. The molecule has 0 fully saturated rings. The maximum atomic E-state index is 4.97. The second-order valence-electron chi connectivity index (χ2n) is 10.1. The molecule has 2 aliphatic rings. The molecule has 5 aromatic rings. The first kappa shape index (κ1) is 20.3. The number of benzene rings is 3. The van der Waals surface area contributed by atoms with Gasteiger partial charge in [-0.25, -0.2) is 4.98 Å². The van der Waals surface area contributed by atoms with Crippen molar-refractivity contribution in [3.05, 3.63) is 101 Å². The van der Waals surface area contributed by atoms with E-state index in [1.807, 2.05) is 37.3 Å². The molecule has 7 rings (SSSR count). The van der Waals surface area contributed by atoms with E-state index in [0.717, 1.165) is 29.4 Å². The average Bonchev–Trinajstić information content (AvgIpc) is 3.32. The third-order valence-corrected chi connectivity index (χ3v) is 7.62. The maximum absolute atomic E-state index is 4.97. The number of rotatable bonds is 2. The summed E-state index contributed by atoms with van der Waals surface area (Å²) in [6.07, 6.45) is 6.89. The summed E-state index contributed by atoms with van der Waals surface area (Å²) < 4.78 is 2.22. The molecule has 0 bridgehead atoms. The number of hydrogen-bond donors (Lipinski definition) is 0. The fourth-order valence-corrected chi connectivity index (χ4v) is 5.96. The molecule has 0 saturated heterocycles. The number of aromatic nitrogens is 4. The maximum Gasteiger partial charge on any atom is 0.238 e. The van der Waals surface area contributed by atoms with Gasteiger partial charge in [-0.05, 0) is 60.2 Å². The molecule has 2 aromatic heterocycles. The predicted octanol–water partition coefficient (Wildman–Crippen LogP) is 7.34. The van der Waals surface area contributed by atoms with Crippen LogP contribution in [0.25, 0.3) is 44.7 Å². The lowest BCUT2D eigenvalue weighted by Crippen LogP contribution is -2.16. The van der Waals surface area contributed by atoms with E-state index in [9.17, 15) is 0 Å². The second kappa shape index (κ2) is 7.22. The Hall–Kier alpha value is -4.05. The number of hydrogen-bond acceptors (Lipinski definition) is 3. The summed E-state index contributed by atoms with van der Waals surface area (Å²) in [4.78, 5) is 14.4. The van der Waals surface area contributed by atoms with Crippen LogP contribution >= 0.6 is 0 Å². The summed E-state index contributed by atoms with van der Waals surface area (Å²) in [7, 11) is 0. The van der Waals surface area contributed by atoms with E-state index in [-0.39, 0.29) is 5.41 Å². The molecule has 170 valence electrons. The zero-order chi connectivity index (χ0) is 23.7. The Bertz CT molecular complexity index is 1720. The van der Waals surface area contributed by atoms with Crippen LogP contribution < -0.4 is 0 Å². The van der Waals surface area contributed by atoms with Gasteiger partial charge in [-0.1, -0.05) is 74.5 Å². The molecule has 2 heterocycles. The molecule has 35 heavy (non-hydrogen) atoms. The van der Waals surface area contributed by atoms with Crippen molar-refractivity contribution in [1.29, 1.82) is 0 Å². The van der Waals surface area contributed by atoms with Crippen LogP contribution in [0.1, 0.15) is 43.6 Å². The third kappa shape index (κ3) is 2.89. The minimum Gasteiger partial charge on any atom is -0.278 e. The van der Waals surface area contributed by atoms with Gasteiger partial charge in [0.25, 0.3) is 0 Å². The van der Waals surface area contributed by atoms with Gasteiger partial charge < -0.3 is 0 Å². The second-order valence-corrected chi connectivity index (χ2v) is 10.1. The SMILES string of the molecule is Cc1nc(-c2ccccc2)nc(-n2c3ccccc3c3cc4c(cc32)C(C)(C)C2=C4CCC=C2)n1. The van der Waals surface area contributed by atoms with Gasteiger partial charge in [-0.15, -0.1) is 0 Å². The summed E-state index contributed by atoms with van der Waals surface area (Å²) in [5, 5.41) is 2.47. The molecular weight excluding hydrogens is 428 g/mol. The first-order chi connectivity index (χ1) is 17.0. The summed E-state index contributed by atoms with van der Waals surface area (Å²) in [6, 6.07) is 23.5. The minimum atomic E-state index is -0.0265. The van der Waals surface area contributed by atoms with E-state index < -0.39 is 0 Å². The number of nitrogens with zero attached hydrogens (tertiary/aromatic N) is 4. The van der Waals surface area contributed by atoms with Crippen LogP contribution in [0.2, 0.25) is 0 Å². The number of allylic oxidation sites excluding steroid dienone is 4. The molecule has 0 atom stereocenters. The molecule has 0 aliphatic heterocycles. The molecule has 0 unspecified atom stereocenters. The Morgan fingerprint density at radius 2 is 1.63 bits per heavy atom. The first-order valence-corrected chi connectivity index (χ1v) is 12.3. The monoisotopic (exact) mass is 454 g/mol. The fraction of sp³-hybridized carbons (Fsp3) is 0.194. The number of aryl methyl sites for hydroxylation is 1. The number of fused-ring (bicyclic) bond motifs is 5. The summed E-state index contributed by atoms with van der Waals surface area (Å²) in [5.74, 6) is 2.07. The first-order valence-electron chi connectivity index (χ1n) is 12.3. The van der Waals surface area contributed by atoms with E-state index in [4.69, 9.17) is 9.97 Å². The van der Waals surface area contributed by atoms with Crippen molar-refractivity contribution in [2.45, 2.75) is 39.0 Å². The molecule has 2 aliphatic carbocycles. The quantitative estimate of drug-likeness (QED) is 0.280. The third-order valence-electron chi connectivity index (χ3n) is 7.62. The van der Waals surface area contributed by atoms with Gasteiger partial charge in [-0.2, -0.15) is 9.97 Å². The molecule has 0 spiro atoms. The van der Waals surface area contributed by atoms with Crippen LogP contribution in [-0.4, -0.2) is 19.5 Å². The fourth-order valence-electron chi connectivity index (χ4n) is 5.96. The van der Waals surface area contributed by atoms with E-state index in [1.54, 1.807) is 0 Å². The van der Waals surface area contributed by atoms with Crippen molar-refractivity contribution in [3.8, 4) is 17.3 Å².